The van der Waals surface area contributed by atoms with Crippen LogP contribution in [0, 0.1) is 5.92 Å². The van der Waals surface area contributed by atoms with E-state index in [0.717, 1.165) is 24.8 Å². The predicted octanol–water partition coefficient (Wildman–Crippen LogP) is 3.55. The third-order valence-corrected chi connectivity index (χ3v) is 3.54. The van der Waals surface area contributed by atoms with Crippen molar-refractivity contribution in [2.24, 2.45) is 5.92 Å². The molecule has 0 saturated carbocycles. The highest BCUT2D eigenvalue weighted by Gasteiger charge is 2.34. The van der Waals surface area contributed by atoms with E-state index in [0.29, 0.717) is 0 Å². The summed E-state index contributed by atoms with van der Waals surface area (Å²) in [4.78, 5) is 12.2. The van der Waals surface area contributed by atoms with Gasteiger partial charge in [0.15, 0.2) is 5.78 Å². The Morgan fingerprint density at radius 2 is 2.00 bits per heavy atom. The molecule has 2 aliphatic rings. The van der Waals surface area contributed by atoms with E-state index in [1.807, 2.05) is 13.8 Å². The smallest absolute Gasteiger partial charge is 0.166 e. The number of fused-ring (bicyclic) bond motifs is 1. The summed E-state index contributed by atoms with van der Waals surface area (Å²) >= 11 is 0. The van der Waals surface area contributed by atoms with Crippen molar-refractivity contribution in [3.8, 4) is 0 Å². The number of ketones is 1. The Kier molecular flexibility index (Phi) is 3.51. The zero-order valence-electron chi connectivity index (χ0n) is 10.8. The summed E-state index contributed by atoms with van der Waals surface area (Å²) in [5, 5.41) is 0. The molecule has 17 heavy (non-hydrogen) atoms. The molecule has 2 atom stereocenters. The number of carbonyl (C=O) groups excluding carboxylic acids is 1. The monoisotopic (exact) mass is 232 g/mol. The first-order valence-electron chi connectivity index (χ1n) is 6.26. The number of hydrogen-bond donors (Lipinski definition) is 0. The molecule has 0 spiro atoms. The average Bonchev–Trinajstić information content (AvgIpc) is 2.58. The third-order valence-electron chi connectivity index (χ3n) is 3.54. The summed E-state index contributed by atoms with van der Waals surface area (Å²) in [7, 11) is 0. The van der Waals surface area contributed by atoms with E-state index >= 15 is 0 Å². The Hall–Kier alpha value is -1.31. The molecule has 0 aromatic carbocycles. The van der Waals surface area contributed by atoms with E-state index in [1.165, 1.54) is 11.1 Å². The molecule has 1 aliphatic heterocycles. The van der Waals surface area contributed by atoms with Gasteiger partial charge in [-0.25, -0.2) is 0 Å². The van der Waals surface area contributed by atoms with Crippen LogP contribution in [0.3, 0.4) is 0 Å². The van der Waals surface area contributed by atoms with Gasteiger partial charge >= 0.3 is 0 Å². The van der Waals surface area contributed by atoms with Gasteiger partial charge in [0.1, 0.15) is 6.10 Å². The van der Waals surface area contributed by atoms with E-state index in [2.05, 4.69) is 13.0 Å². The second kappa shape index (κ2) is 4.91. The second-order valence-electron chi connectivity index (χ2n) is 5.20. The van der Waals surface area contributed by atoms with Gasteiger partial charge in [0.25, 0.3) is 0 Å². The molecule has 0 saturated heterocycles. The molecule has 0 radical (unpaired) electrons. The van der Waals surface area contributed by atoms with E-state index in [9.17, 15) is 4.79 Å². The molecule has 0 aromatic heterocycles. The molecule has 0 aromatic rings. The lowest BCUT2D eigenvalue weighted by Crippen LogP contribution is -2.26. The van der Waals surface area contributed by atoms with Crippen LogP contribution in [-0.2, 0) is 9.53 Å². The Morgan fingerprint density at radius 3 is 2.76 bits per heavy atom. The highest BCUT2D eigenvalue weighted by Crippen LogP contribution is 2.31. The van der Waals surface area contributed by atoms with E-state index < -0.39 is 0 Å². The van der Waals surface area contributed by atoms with Crippen molar-refractivity contribution in [3.63, 3.8) is 0 Å². The Bertz CT molecular complexity index is 413. The summed E-state index contributed by atoms with van der Waals surface area (Å²) in [5.41, 5.74) is 3.54. The fourth-order valence-corrected chi connectivity index (χ4v) is 2.57. The van der Waals surface area contributed by atoms with Crippen LogP contribution in [-0.4, -0.2) is 11.9 Å². The Balaban J connectivity index is 2.29. The van der Waals surface area contributed by atoms with Gasteiger partial charge in [0, 0.05) is 6.42 Å². The lowest BCUT2D eigenvalue weighted by molar-refractivity contribution is -0.119. The molecular formula is C15H20O2. The number of carbonyl (C=O) groups is 1. The van der Waals surface area contributed by atoms with Crippen LogP contribution in [0.5, 0.6) is 0 Å². The maximum Gasteiger partial charge on any atom is 0.166 e. The van der Waals surface area contributed by atoms with Gasteiger partial charge < -0.3 is 4.74 Å². The van der Waals surface area contributed by atoms with Crippen LogP contribution in [0.4, 0.5) is 0 Å². The van der Waals surface area contributed by atoms with E-state index in [1.54, 1.807) is 12.3 Å². The highest BCUT2D eigenvalue weighted by molar-refractivity contribution is 5.95. The zero-order chi connectivity index (χ0) is 12.4. The molecule has 92 valence electrons. The van der Waals surface area contributed by atoms with Crippen molar-refractivity contribution in [1.29, 1.82) is 0 Å². The van der Waals surface area contributed by atoms with Crippen LogP contribution in [0.1, 0.15) is 40.0 Å². The summed E-state index contributed by atoms with van der Waals surface area (Å²) in [5.74, 6) is 0.125. The maximum atomic E-state index is 12.2. The molecule has 2 heteroatoms. The van der Waals surface area contributed by atoms with Crippen LogP contribution in [0.2, 0.25) is 0 Å². The summed E-state index contributed by atoms with van der Waals surface area (Å²) in [6.45, 7) is 6.14. The molecule has 0 bridgehead atoms. The lowest BCUT2D eigenvalue weighted by atomic mass is 9.87. The molecule has 0 unspecified atom stereocenters. The van der Waals surface area contributed by atoms with E-state index in [-0.39, 0.29) is 17.8 Å². The maximum absolute atomic E-state index is 12.2. The largest absolute Gasteiger partial charge is 0.497 e. The van der Waals surface area contributed by atoms with Crippen molar-refractivity contribution in [1.82, 2.24) is 0 Å². The zero-order valence-corrected chi connectivity index (χ0v) is 10.8. The van der Waals surface area contributed by atoms with Crippen LogP contribution in [0.15, 0.2) is 35.1 Å². The van der Waals surface area contributed by atoms with Gasteiger partial charge in [-0.2, -0.15) is 0 Å². The standard InChI is InChI=1S/C15H20O2/c1-10-5-4-6-11(2)8-14-15(13(16)7-10)12(3)9-17-14/h6-7,9,14-15H,4-5,8H2,1-3H3/b10-7-,11-6+/t14-,15+/m0/s1. The molecule has 0 amide bonds. The van der Waals surface area contributed by atoms with Crippen LogP contribution in [0.25, 0.3) is 0 Å². The first-order chi connectivity index (χ1) is 8.08. The highest BCUT2D eigenvalue weighted by atomic mass is 16.5. The predicted molar refractivity (Wildman–Crippen MR) is 68.5 cm³/mol. The second-order valence-corrected chi connectivity index (χ2v) is 5.20. The minimum atomic E-state index is -0.0774. The summed E-state index contributed by atoms with van der Waals surface area (Å²) in [6, 6.07) is 0. The van der Waals surface area contributed by atoms with Gasteiger partial charge in [-0.1, -0.05) is 17.2 Å². The molecule has 1 aliphatic carbocycles. The molecule has 0 N–H and O–H groups in total. The molecule has 2 nitrogen and oxygen atoms in total. The van der Waals surface area contributed by atoms with Crippen molar-refractivity contribution >= 4 is 5.78 Å². The Morgan fingerprint density at radius 1 is 1.24 bits per heavy atom. The summed E-state index contributed by atoms with van der Waals surface area (Å²) in [6.07, 6.45) is 8.67. The quantitative estimate of drug-likeness (QED) is 0.597. The average molecular weight is 232 g/mol. The molecule has 2 rings (SSSR count). The van der Waals surface area contributed by atoms with Gasteiger partial charge in [0.2, 0.25) is 0 Å². The topological polar surface area (TPSA) is 26.3 Å². The van der Waals surface area contributed by atoms with Gasteiger partial charge in [-0.15, -0.1) is 0 Å². The van der Waals surface area contributed by atoms with E-state index in [4.69, 9.17) is 4.74 Å². The van der Waals surface area contributed by atoms with Crippen molar-refractivity contribution in [3.05, 3.63) is 35.1 Å². The fourth-order valence-electron chi connectivity index (χ4n) is 2.57. The molecular weight excluding hydrogens is 212 g/mol. The minimum Gasteiger partial charge on any atom is -0.497 e. The van der Waals surface area contributed by atoms with Gasteiger partial charge in [0.05, 0.1) is 12.2 Å². The first kappa shape index (κ1) is 12.2. The minimum absolute atomic E-state index is 0.000833. The Labute approximate surface area is 103 Å². The number of allylic oxidation sites excluding steroid dienone is 3. The van der Waals surface area contributed by atoms with Crippen LogP contribution >= 0.6 is 0 Å². The first-order valence-corrected chi connectivity index (χ1v) is 6.26. The van der Waals surface area contributed by atoms with Gasteiger partial charge in [-0.3, -0.25) is 4.79 Å². The van der Waals surface area contributed by atoms with Crippen molar-refractivity contribution < 1.29 is 9.53 Å². The van der Waals surface area contributed by atoms with Crippen molar-refractivity contribution in [2.45, 2.75) is 46.1 Å². The molecule has 1 heterocycles. The number of rotatable bonds is 0. The fraction of sp³-hybridized carbons (Fsp3) is 0.533. The summed E-state index contributed by atoms with van der Waals surface area (Å²) < 4.78 is 5.62. The number of hydrogen-bond acceptors (Lipinski definition) is 2. The van der Waals surface area contributed by atoms with Gasteiger partial charge in [-0.05, 0) is 45.3 Å². The van der Waals surface area contributed by atoms with Crippen molar-refractivity contribution in [2.75, 3.05) is 0 Å². The molecule has 0 fully saturated rings. The number of ether oxygens (including phenoxy) is 1. The normalized spacial score (nSPS) is 35.9. The lowest BCUT2D eigenvalue weighted by Gasteiger charge is -2.20. The van der Waals surface area contributed by atoms with Crippen LogP contribution < -0.4 is 0 Å². The third kappa shape index (κ3) is 2.68. The SMILES string of the molecule is CC1=CO[C@H]2C/C(C)=C/CC/C(C)=C\C(=O)[C@@H]12.